The third-order valence-corrected chi connectivity index (χ3v) is 5.35. The summed E-state index contributed by atoms with van der Waals surface area (Å²) in [5.74, 6) is 0.994. The number of hydrogen-bond acceptors (Lipinski definition) is 3. The maximum atomic E-state index is 12.4. The molecule has 0 aromatic rings. The second kappa shape index (κ2) is 6.02. The van der Waals surface area contributed by atoms with Crippen molar-refractivity contribution in [2.75, 3.05) is 19.6 Å². The molecule has 4 nitrogen and oxygen atoms in total. The van der Waals surface area contributed by atoms with E-state index in [0.717, 1.165) is 25.7 Å². The van der Waals surface area contributed by atoms with Crippen LogP contribution < -0.4 is 5.32 Å². The molecule has 2 aliphatic carbocycles. The molecule has 2 unspecified atom stereocenters. The van der Waals surface area contributed by atoms with Gasteiger partial charge in [-0.15, -0.1) is 0 Å². The van der Waals surface area contributed by atoms with E-state index in [0.29, 0.717) is 18.0 Å². The largest absolute Gasteiger partial charge is 0.324 e. The van der Waals surface area contributed by atoms with Crippen LogP contribution in [0, 0.1) is 5.92 Å². The molecule has 1 N–H and O–H groups in total. The molecule has 1 amide bonds. The van der Waals surface area contributed by atoms with Crippen molar-refractivity contribution in [1.82, 2.24) is 15.1 Å². The van der Waals surface area contributed by atoms with Crippen molar-refractivity contribution in [2.45, 2.75) is 70.6 Å². The molecular formula is C16H29N3O. The normalized spacial score (nSPS) is 31.8. The van der Waals surface area contributed by atoms with Gasteiger partial charge in [-0.2, -0.15) is 0 Å². The maximum absolute atomic E-state index is 12.4. The zero-order chi connectivity index (χ0) is 14.1. The van der Waals surface area contributed by atoms with Gasteiger partial charge < -0.3 is 4.90 Å². The SMILES string of the molecule is CCN(CCN1C(=O)C(C)NC1C1CCCC1)C1CC1. The van der Waals surface area contributed by atoms with Crippen LogP contribution in [0.5, 0.6) is 0 Å². The number of carbonyl (C=O) groups is 1. The number of nitrogens with zero attached hydrogens (tertiary/aromatic N) is 2. The van der Waals surface area contributed by atoms with Crippen molar-refractivity contribution in [3.8, 4) is 0 Å². The fraction of sp³-hybridized carbons (Fsp3) is 0.938. The Hall–Kier alpha value is -0.610. The summed E-state index contributed by atoms with van der Waals surface area (Å²) < 4.78 is 0. The first-order valence-electron chi connectivity index (χ1n) is 8.51. The Bertz CT molecular complexity index is 350. The van der Waals surface area contributed by atoms with Gasteiger partial charge >= 0.3 is 0 Å². The highest BCUT2D eigenvalue weighted by molar-refractivity contribution is 5.84. The molecule has 3 aliphatic rings. The molecule has 20 heavy (non-hydrogen) atoms. The molecule has 1 heterocycles. The smallest absolute Gasteiger partial charge is 0.240 e. The van der Waals surface area contributed by atoms with Gasteiger partial charge in [-0.1, -0.05) is 19.8 Å². The van der Waals surface area contributed by atoms with Crippen molar-refractivity contribution in [3.05, 3.63) is 0 Å². The van der Waals surface area contributed by atoms with Crippen LogP contribution in [0.4, 0.5) is 0 Å². The van der Waals surface area contributed by atoms with E-state index in [1.807, 2.05) is 6.92 Å². The Balaban J connectivity index is 1.60. The van der Waals surface area contributed by atoms with Crippen LogP contribution in [0.2, 0.25) is 0 Å². The summed E-state index contributed by atoms with van der Waals surface area (Å²) in [5.41, 5.74) is 0. The number of nitrogens with one attached hydrogen (secondary N) is 1. The van der Waals surface area contributed by atoms with Gasteiger partial charge in [-0.05, 0) is 45.1 Å². The van der Waals surface area contributed by atoms with E-state index in [2.05, 4.69) is 22.0 Å². The lowest BCUT2D eigenvalue weighted by Gasteiger charge is -2.31. The molecule has 0 aromatic carbocycles. The molecule has 2 atom stereocenters. The van der Waals surface area contributed by atoms with E-state index >= 15 is 0 Å². The Morgan fingerprint density at radius 1 is 1.25 bits per heavy atom. The van der Waals surface area contributed by atoms with Gasteiger partial charge in [-0.25, -0.2) is 0 Å². The standard InChI is InChI=1S/C16H29N3O/c1-3-18(14-8-9-14)10-11-19-15(13-6-4-5-7-13)17-12(2)16(19)20/h12-15,17H,3-11H2,1-2H3. The Labute approximate surface area is 122 Å². The van der Waals surface area contributed by atoms with E-state index in [-0.39, 0.29) is 6.04 Å². The molecule has 4 heteroatoms. The van der Waals surface area contributed by atoms with E-state index in [1.54, 1.807) is 0 Å². The van der Waals surface area contributed by atoms with E-state index in [4.69, 9.17) is 0 Å². The topological polar surface area (TPSA) is 35.6 Å². The van der Waals surface area contributed by atoms with E-state index in [9.17, 15) is 4.79 Å². The summed E-state index contributed by atoms with van der Waals surface area (Å²) in [6.45, 7) is 7.32. The van der Waals surface area contributed by atoms with Crippen molar-refractivity contribution in [1.29, 1.82) is 0 Å². The highest BCUT2D eigenvalue weighted by Gasteiger charge is 2.41. The zero-order valence-corrected chi connectivity index (χ0v) is 13.0. The van der Waals surface area contributed by atoms with Gasteiger partial charge in [-0.3, -0.25) is 15.0 Å². The van der Waals surface area contributed by atoms with Gasteiger partial charge in [0.25, 0.3) is 0 Å². The highest BCUT2D eigenvalue weighted by Crippen LogP contribution is 2.32. The highest BCUT2D eigenvalue weighted by atomic mass is 16.2. The lowest BCUT2D eigenvalue weighted by molar-refractivity contribution is -0.130. The Morgan fingerprint density at radius 2 is 1.95 bits per heavy atom. The number of amides is 1. The van der Waals surface area contributed by atoms with Gasteiger partial charge in [0.2, 0.25) is 5.91 Å². The number of likely N-dealkylation sites (N-methyl/N-ethyl adjacent to an activating group) is 1. The molecule has 0 bridgehead atoms. The average molecular weight is 279 g/mol. The predicted molar refractivity (Wildman–Crippen MR) is 80.3 cm³/mol. The van der Waals surface area contributed by atoms with Crippen molar-refractivity contribution >= 4 is 5.91 Å². The molecule has 2 saturated carbocycles. The molecule has 114 valence electrons. The van der Waals surface area contributed by atoms with Gasteiger partial charge in [0.1, 0.15) is 0 Å². The summed E-state index contributed by atoms with van der Waals surface area (Å²) in [4.78, 5) is 17.1. The van der Waals surface area contributed by atoms with Crippen molar-refractivity contribution in [2.24, 2.45) is 5.92 Å². The van der Waals surface area contributed by atoms with Crippen molar-refractivity contribution < 1.29 is 4.79 Å². The zero-order valence-electron chi connectivity index (χ0n) is 13.0. The second-order valence-corrected chi connectivity index (χ2v) is 6.77. The average Bonchev–Trinajstić information content (AvgIpc) is 3.06. The van der Waals surface area contributed by atoms with Gasteiger partial charge in [0.15, 0.2) is 0 Å². The second-order valence-electron chi connectivity index (χ2n) is 6.77. The third kappa shape index (κ3) is 2.86. The summed E-state index contributed by atoms with van der Waals surface area (Å²) in [7, 11) is 0. The summed E-state index contributed by atoms with van der Waals surface area (Å²) >= 11 is 0. The molecule has 0 spiro atoms. The number of hydrogen-bond donors (Lipinski definition) is 1. The van der Waals surface area contributed by atoms with Crippen LogP contribution in [0.3, 0.4) is 0 Å². The third-order valence-electron chi connectivity index (χ3n) is 5.35. The minimum absolute atomic E-state index is 0.0107. The summed E-state index contributed by atoms with van der Waals surface area (Å²) in [6.07, 6.45) is 8.25. The monoisotopic (exact) mass is 279 g/mol. The van der Waals surface area contributed by atoms with E-state index < -0.39 is 0 Å². The molecule has 1 aliphatic heterocycles. The van der Waals surface area contributed by atoms with Crippen LogP contribution >= 0.6 is 0 Å². The molecule has 3 rings (SSSR count). The van der Waals surface area contributed by atoms with Gasteiger partial charge in [0, 0.05) is 19.1 Å². The van der Waals surface area contributed by atoms with Crippen LogP contribution in [0.15, 0.2) is 0 Å². The van der Waals surface area contributed by atoms with Gasteiger partial charge in [0.05, 0.1) is 12.2 Å². The quantitative estimate of drug-likeness (QED) is 0.805. The van der Waals surface area contributed by atoms with Crippen LogP contribution in [0.25, 0.3) is 0 Å². The summed E-state index contributed by atoms with van der Waals surface area (Å²) in [5, 5.41) is 3.54. The summed E-state index contributed by atoms with van der Waals surface area (Å²) in [6, 6.07) is 0.810. The first kappa shape index (κ1) is 14.3. The molecule has 3 fully saturated rings. The van der Waals surface area contributed by atoms with Crippen LogP contribution in [0.1, 0.15) is 52.4 Å². The fourth-order valence-corrected chi connectivity index (χ4v) is 3.99. The minimum atomic E-state index is 0.0107. The fourth-order valence-electron chi connectivity index (χ4n) is 3.99. The minimum Gasteiger partial charge on any atom is -0.324 e. The van der Waals surface area contributed by atoms with E-state index in [1.165, 1.54) is 38.5 Å². The number of rotatable bonds is 6. The first-order valence-corrected chi connectivity index (χ1v) is 8.51. The maximum Gasteiger partial charge on any atom is 0.240 e. The lowest BCUT2D eigenvalue weighted by atomic mass is 10.0. The molecule has 0 radical (unpaired) electrons. The molecule has 0 aromatic heterocycles. The first-order chi connectivity index (χ1) is 9.70. The van der Waals surface area contributed by atoms with Crippen molar-refractivity contribution in [3.63, 3.8) is 0 Å². The lowest BCUT2D eigenvalue weighted by Crippen LogP contribution is -2.46. The Kier molecular flexibility index (Phi) is 4.32. The molecule has 1 saturated heterocycles. The molecular weight excluding hydrogens is 250 g/mol. The Morgan fingerprint density at radius 3 is 2.55 bits per heavy atom. The van der Waals surface area contributed by atoms with Crippen LogP contribution in [-0.4, -0.2) is 53.6 Å². The predicted octanol–water partition coefficient (Wildman–Crippen LogP) is 1.81. The van der Waals surface area contributed by atoms with Crippen LogP contribution in [-0.2, 0) is 4.79 Å². The number of carbonyl (C=O) groups excluding carboxylic acids is 1.